The highest BCUT2D eigenvalue weighted by Gasteiger charge is 2.27. The van der Waals surface area contributed by atoms with Crippen LogP contribution in [0.2, 0.25) is 0 Å². The van der Waals surface area contributed by atoms with Crippen LogP contribution >= 0.6 is 0 Å². The third kappa shape index (κ3) is 4.40. The number of nitrogens with zero attached hydrogens (tertiary/aromatic N) is 3. The number of aromatic nitrogens is 1. The standard InChI is InChI=1S/C33H31N3O/c1-23-20-24(2)31(25(3)21-23)33-32(26-12-6-4-7-13-26)34-30(37-33)18-19-35-22-36(27-14-8-5-9-15-27)29-17-11-10-16-28(29)35/h4-17,20-21H,18-19,22H2,1-3H3. The SMILES string of the molecule is Cc1cc(C)c(-c2oc(CCN3CN(c4ccccc4)c4ccccc43)nc2-c2ccccc2)c(C)c1. The summed E-state index contributed by atoms with van der Waals surface area (Å²) in [7, 11) is 0. The Morgan fingerprint density at radius 3 is 2.08 bits per heavy atom. The van der Waals surface area contributed by atoms with Crippen LogP contribution < -0.4 is 9.80 Å². The van der Waals surface area contributed by atoms with Crippen molar-refractivity contribution in [3.05, 3.63) is 120 Å². The number of hydrogen-bond acceptors (Lipinski definition) is 4. The predicted molar refractivity (Wildman–Crippen MR) is 153 cm³/mol. The maximum Gasteiger partial charge on any atom is 0.197 e. The molecule has 1 aromatic heterocycles. The van der Waals surface area contributed by atoms with E-state index in [9.17, 15) is 0 Å². The van der Waals surface area contributed by atoms with Gasteiger partial charge >= 0.3 is 0 Å². The van der Waals surface area contributed by atoms with E-state index in [-0.39, 0.29) is 0 Å². The zero-order valence-corrected chi connectivity index (χ0v) is 21.6. The number of fused-ring (bicyclic) bond motifs is 1. The Kier molecular flexibility index (Phi) is 6.01. The van der Waals surface area contributed by atoms with E-state index >= 15 is 0 Å². The summed E-state index contributed by atoms with van der Waals surface area (Å²) < 4.78 is 6.56. The van der Waals surface area contributed by atoms with E-state index in [0.29, 0.717) is 0 Å². The molecule has 0 aliphatic carbocycles. The van der Waals surface area contributed by atoms with Crippen molar-refractivity contribution in [3.63, 3.8) is 0 Å². The monoisotopic (exact) mass is 485 g/mol. The molecule has 0 unspecified atom stereocenters. The summed E-state index contributed by atoms with van der Waals surface area (Å²) in [5.41, 5.74) is 10.5. The summed E-state index contributed by atoms with van der Waals surface area (Å²) in [5.74, 6) is 1.63. The van der Waals surface area contributed by atoms with E-state index in [1.165, 1.54) is 33.8 Å². The first-order chi connectivity index (χ1) is 18.1. The molecule has 1 aliphatic heterocycles. The summed E-state index contributed by atoms with van der Waals surface area (Å²) in [6, 6.07) is 34.0. The zero-order chi connectivity index (χ0) is 25.4. The van der Waals surface area contributed by atoms with Crippen LogP contribution in [0.5, 0.6) is 0 Å². The molecule has 37 heavy (non-hydrogen) atoms. The minimum atomic E-state index is 0.723. The highest BCUT2D eigenvalue weighted by Crippen LogP contribution is 2.41. The number of anilines is 3. The minimum absolute atomic E-state index is 0.723. The van der Waals surface area contributed by atoms with E-state index in [1.807, 2.05) is 6.07 Å². The summed E-state index contributed by atoms with van der Waals surface area (Å²) in [4.78, 5) is 9.83. The van der Waals surface area contributed by atoms with Crippen molar-refractivity contribution in [2.75, 3.05) is 23.0 Å². The lowest BCUT2D eigenvalue weighted by Crippen LogP contribution is -2.29. The van der Waals surface area contributed by atoms with Gasteiger partial charge in [0, 0.05) is 29.8 Å². The van der Waals surface area contributed by atoms with Gasteiger partial charge in [0.15, 0.2) is 11.7 Å². The first kappa shape index (κ1) is 23.1. The van der Waals surface area contributed by atoms with E-state index in [1.54, 1.807) is 0 Å². The van der Waals surface area contributed by atoms with E-state index in [0.717, 1.165) is 48.1 Å². The molecule has 0 saturated heterocycles. The number of rotatable bonds is 6. The molecule has 0 N–H and O–H groups in total. The van der Waals surface area contributed by atoms with Crippen LogP contribution in [0.15, 0.2) is 101 Å². The third-order valence-corrected chi connectivity index (χ3v) is 7.11. The first-order valence-electron chi connectivity index (χ1n) is 12.9. The van der Waals surface area contributed by atoms with Crippen molar-refractivity contribution in [1.82, 2.24) is 4.98 Å². The van der Waals surface area contributed by atoms with Crippen molar-refractivity contribution in [1.29, 1.82) is 0 Å². The fourth-order valence-corrected chi connectivity index (χ4v) is 5.50. The Labute approximate surface area is 218 Å². The van der Waals surface area contributed by atoms with Crippen molar-refractivity contribution in [2.24, 2.45) is 0 Å². The van der Waals surface area contributed by atoms with Crippen LogP contribution in [0.25, 0.3) is 22.6 Å². The Hall–Kier alpha value is -4.31. The molecule has 184 valence electrons. The lowest BCUT2D eigenvalue weighted by molar-refractivity contribution is 0.504. The van der Waals surface area contributed by atoms with E-state index in [4.69, 9.17) is 9.40 Å². The van der Waals surface area contributed by atoms with Gasteiger partial charge in [-0.15, -0.1) is 0 Å². The molecule has 1 aliphatic rings. The van der Waals surface area contributed by atoms with Crippen LogP contribution in [0.1, 0.15) is 22.6 Å². The van der Waals surface area contributed by atoms with Crippen LogP contribution in [-0.4, -0.2) is 18.2 Å². The maximum atomic E-state index is 6.56. The Bertz CT molecular complexity index is 1520. The molecule has 0 fully saturated rings. The molecule has 0 amide bonds. The van der Waals surface area contributed by atoms with Gasteiger partial charge in [-0.25, -0.2) is 4.98 Å². The van der Waals surface area contributed by atoms with Gasteiger partial charge < -0.3 is 14.2 Å². The van der Waals surface area contributed by atoms with Gasteiger partial charge in [-0.3, -0.25) is 0 Å². The average Bonchev–Trinajstić information content (AvgIpc) is 3.50. The van der Waals surface area contributed by atoms with Gasteiger partial charge in [0.05, 0.1) is 18.0 Å². The van der Waals surface area contributed by atoms with Gasteiger partial charge in [0.25, 0.3) is 0 Å². The second kappa shape index (κ2) is 9.62. The van der Waals surface area contributed by atoms with Crippen molar-refractivity contribution in [3.8, 4) is 22.6 Å². The van der Waals surface area contributed by atoms with Gasteiger partial charge in [-0.05, 0) is 56.2 Å². The largest absolute Gasteiger partial charge is 0.440 e. The quantitative estimate of drug-likeness (QED) is 0.243. The molecule has 0 bridgehead atoms. The maximum absolute atomic E-state index is 6.56. The molecule has 2 heterocycles. The van der Waals surface area contributed by atoms with Gasteiger partial charge in [0.2, 0.25) is 0 Å². The van der Waals surface area contributed by atoms with E-state index < -0.39 is 0 Å². The number of aryl methyl sites for hydroxylation is 3. The molecular formula is C33H31N3O. The lowest BCUT2D eigenvalue weighted by Gasteiger charge is -2.21. The Morgan fingerprint density at radius 1 is 0.757 bits per heavy atom. The Balaban J connectivity index is 1.33. The molecular weight excluding hydrogens is 454 g/mol. The highest BCUT2D eigenvalue weighted by atomic mass is 16.4. The number of hydrogen-bond donors (Lipinski definition) is 0. The molecule has 0 radical (unpaired) electrons. The minimum Gasteiger partial charge on any atom is -0.440 e. The Morgan fingerprint density at radius 2 is 1.38 bits per heavy atom. The van der Waals surface area contributed by atoms with Gasteiger partial charge in [-0.1, -0.05) is 78.4 Å². The van der Waals surface area contributed by atoms with Crippen LogP contribution in [0.4, 0.5) is 17.1 Å². The normalized spacial score (nSPS) is 12.7. The first-order valence-corrected chi connectivity index (χ1v) is 12.9. The van der Waals surface area contributed by atoms with Crippen molar-refractivity contribution in [2.45, 2.75) is 27.2 Å². The molecule has 0 spiro atoms. The predicted octanol–water partition coefficient (Wildman–Crippen LogP) is 8.09. The molecule has 5 aromatic rings. The molecule has 4 nitrogen and oxygen atoms in total. The smallest absolute Gasteiger partial charge is 0.197 e. The van der Waals surface area contributed by atoms with Crippen LogP contribution in [0, 0.1) is 20.8 Å². The van der Waals surface area contributed by atoms with Crippen molar-refractivity contribution >= 4 is 17.1 Å². The third-order valence-electron chi connectivity index (χ3n) is 7.11. The molecule has 4 heteroatoms. The van der Waals surface area contributed by atoms with Crippen LogP contribution in [0.3, 0.4) is 0 Å². The topological polar surface area (TPSA) is 32.5 Å². The lowest BCUT2D eigenvalue weighted by atomic mass is 9.95. The number of benzene rings is 4. The van der Waals surface area contributed by atoms with Gasteiger partial charge in [0.1, 0.15) is 5.69 Å². The average molecular weight is 486 g/mol. The summed E-state index contributed by atoms with van der Waals surface area (Å²) in [6.45, 7) is 8.08. The van der Waals surface area contributed by atoms with Crippen molar-refractivity contribution < 1.29 is 4.42 Å². The second-order valence-electron chi connectivity index (χ2n) is 9.83. The van der Waals surface area contributed by atoms with E-state index in [2.05, 4.69) is 122 Å². The second-order valence-corrected chi connectivity index (χ2v) is 9.83. The molecule has 4 aromatic carbocycles. The van der Waals surface area contributed by atoms with Gasteiger partial charge in [-0.2, -0.15) is 0 Å². The summed E-state index contributed by atoms with van der Waals surface area (Å²) in [5, 5.41) is 0. The zero-order valence-electron chi connectivity index (χ0n) is 21.6. The molecule has 0 saturated carbocycles. The fourth-order valence-electron chi connectivity index (χ4n) is 5.50. The highest BCUT2D eigenvalue weighted by molar-refractivity contribution is 5.82. The number of para-hydroxylation sites is 3. The molecule has 6 rings (SSSR count). The van der Waals surface area contributed by atoms with Crippen LogP contribution in [-0.2, 0) is 6.42 Å². The summed E-state index contributed by atoms with van der Waals surface area (Å²) in [6.07, 6.45) is 0.723. The molecule has 0 atom stereocenters. The number of oxazole rings is 1. The summed E-state index contributed by atoms with van der Waals surface area (Å²) >= 11 is 0. The fraction of sp³-hybridized carbons (Fsp3) is 0.182.